The molecule has 3 aromatic rings. The first kappa shape index (κ1) is 20.0. The van der Waals surface area contributed by atoms with E-state index in [9.17, 15) is 8.42 Å². The van der Waals surface area contributed by atoms with E-state index < -0.39 is 10.0 Å². The van der Waals surface area contributed by atoms with E-state index in [0.717, 1.165) is 16.7 Å². The van der Waals surface area contributed by atoms with Crippen LogP contribution in [0.1, 0.15) is 22.4 Å². The highest BCUT2D eigenvalue weighted by atomic mass is 32.2. The van der Waals surface area contributed by atoms with Crippen LogP contribution < -0.4 is 9.47 Å². The fourth-order valence-corrected chi connectivity index (χ4v) is 4.78. The van der Waals surface area contributed by atoms with E-state index in [1.54, 1.807) is 12.3 Å². The van der Waals surface area contributed by atoms with Gasteiger partial charge in [0.05, 0.1) is 19.1 Å². The maximum Gasteiger partial charge on any atom is 0.243 e. The van der Waals surface area contributed by atoms with E-state index in [1.807, 2.05) is 36.4 Å². The van der Waals surface area contributed by atoms with Gasteiger partial charge in [-0.15, -0.1) is 0 Å². The zero-order valence-electron chi connectivity index (χ0n) is 16.6. The zero-order valence-corrected chi connectivity index (χ0v) is 17.4. The highest BCUT2D eigenvalue weighted by Crippen LogP contribution is 2.34. The molecule has 1 aliphatic heterocycles. The molecule has 0 saturated carbocycles. The summed E-state index contributed by atoms with van der Waals surface area (Å²) in [5.41, 5.74) is 3.35. The van der Waals surface area contributed by atoms with Crippen LogP contribution in [0, 0.1) is 11.8 Å². The van der Waals surface area contributed by atoms with Gasteiger partial charge in [-0.05, 0) is 47.4 Å². The summed E-state index contributed by atoms with van der Waals surface area (Å²) in [6.07, 6.45) is 1.69. The van der Waals surface area contributed by atoms with Gasteiger partial charge in [0.1, 0.15) is 5.69 Å². The van der Waals surface area contributed by atoms with E-state index in [1.165, 1.54) is 30.7 Å². The van der Waals surface area contributed by atoms with Gasteiger partial charge in [0.25, 0.3) is 0 Å². The Morgan fingerprint density at radius 1 is 0.933 bits per heavy atom. The van der Waals surface area contributed by atoms with Crippen molar-refractivity contribution in [2.24, 2.45) is 0 Å². The van der Waals surface area contributed by atoms with Crippen LogP contribution in [0.4, 0.5) is 0 Å². The van der Waals surface area contributed by atoms with Crippen molar-refractivity contribution >= 4 is 10.0 Å². The van der Waals surface area contributed by atoms with E-state index >= 15 is 0 Å². The number of fused-ring (bicyclic) bond motifs is 1. The molecular formula is C23H20N2O4S. The van der Waals surface area contributed by atoms with Gasteiger partial charge in [0.15, 0.2) is 11.5 Å². The van der Waals surface area contributed by atoms with Crippen LogP contribution in [0.2, 0.25) is 0 Å². The number of aromatic nitrogens is 1. The number of nitrogens with zero attached hydrogens (tertiary/aromatic N) is 2. The van der Waals surface area contributed by atoms with Crippen molar-refractivity contribution in [1.29, 1.82) is 0 Å². The van der Waals surface area contributed by atoms with Gasteiger partial charge in [-0.25, -0.2) is 13.4 Å². The number of methoxy groups -OCH3 is 2. The molecular weight excluding hydrogens is 400 g/mol. The quantitative estimate of drug-likeness (QED) is 0.607. The van der Waals surface area contributed by atoms with Crippen LogP contribution >= 0.6 is 0 Å². The van der Waals surface area contributed by atoms with Crippen molar-refractivity contribution in [2.45, 2.75) is 18.0 Å². The molecule has 2 aromatic carbocycles. The van der Waals surface area contributed by atoms with Gasteiger partial charge in [0.2, 0.25) is 10.0 Å². The minimum atomic E-state index is -3.71. The van der Waals surface area contributed by atoms with E-state index in [0.29, 0.717) is 23.7 Å². The molecule has 0 spiro atoms. The summed E-state index contributed by atoms with van der Waals surface area (Å²) in [5.74, 6) is 7.03. The summed E-state index contributed by atoms with van der Waals surface area (Å²) in [7, 11) is -0.721. The lowest BCUT2D eigenvalue weighted by molar-refractivity contribution is 0.353. The Morgan fingerprint density at radius 2 is 1.77 bits per heavy atom. The predicted molar refractivity (Wildman–Crippen MR) is 113 cm³/mol. The first-order valence-electron chi connectivity index (χ1n) is 9.29. The molecule has 0 fully saturated rings. The van der Waals surface area contributed by atoms with Gasteiger partial charge in [-0.2, -0.15) is 4.31 Å². The Kier molecular flexibility index (Phi) is 5.44. The third kappa shape index (κ3) is 3.75. The van der Waals surface area contributed by atoms with Gasteiger partial charge >= 0.3 is 0 Å². The van der Waals surface area contributed by atoms with Crippen molar-refractivity contribution < 1.29 is 17.9 Å². The molecule has 0 aliphatic carbocycles. The molecule has 0 atom stereocenters. The van der Waals surface area contributed by atoms with Crippen LogP contribution in [0.25, 0.3) is 0 Å². The smallest absolute Gasteiger partial charge is 0.243 e. The summed E-state index contributed by atoms with van der Waals surface area (Å²) >= 11 is 0. The SMILES string of the molecule is COc1ccc(S(=O)(=O)N2Cc3cccc(C#Cc4ccccn4)c3C2)cc1OC. The number of hydrogen-bond donors (Lipinski definition) is 0. The molecule has 4 rings (SSSR count). The highest BCUT2D eigenvalue weighted by molar-refractivity contribution is 7.89. The topological polar surface area (TPSA) is 68.7 Å². The van der Waals surface area contributed by atoms with Crippen molar-refractivity contribution in [2.75, 3.05) is 14.2 Å². The van der Waals surface area contributed by atoms with Crippen molar-refractivity contribution in [3.8, 4) is 23.3 Å². The first-order valence-corrected chi connectivity index (χ1v) is 10.7. The molecule has 0 unspecified atom stereocenters. The van der Waals surface area contributed by atoms with Crippen LogP contribution in [-0.2, 0) is 23.1 Å². The van der Waals surface area contributed by atoms with Gasteiger partial charge in [-0.3, -0.25) is 0 Å². The molecule has 152 valence electrons. The number of ether oxygens (including phenoxy) is 2. The van der Waals surface area contributed by atoms with Gasteiger partial charge in [0, 0.05) is 30.9 Å². The van der Waals surface area contributed by atoms with Gasteiger partial charge < -0.3 is 9.47 Å². The van der Waals surface area contributed by atoms with Crippen molar-refractivity contribution in [3.05, 3.63) is 83.2 Å². The molecule has 1 aliphatic rings. The van der Waals surface area contributed by atoms with Crippen molar-refractivity contribution in [1.82, 2.24) is 9.29 Å². The van der Waals surface area contributed by atoms with Crippen LogP contribution in [0.15, 0.2) is 65.7 Å². The van der Waals surface area contributed by atoms with E-state index in [4.69, 9.17) is 9.47 Å². The maximum atomic E-state index is 13.2. The minimum absolute atomic E-state index is 0.161. The Hall–Kier alpha value is -3.34. The lowest BCUT2D eigenvalue weighted by atomic mass is 10.0. The molecule has 0 saturated heterocycles. The van der Waals surface area contributed by atoms with Crippen LogP contribution in [0.3, 0.4) is 0 Å². The zero-order chi connectivity index (χ0) is 21.1. The summed E-state index contributed by atoms with van der Waals surface area (Å²) in [4.78, 5) is 4.37. The number of benzene rings is 2. The molecule has 7 heteroatoms. The molecule has 0 bridgehead atoms. The molecule has 1 aromatic heterocycles. The Bertz CT molecular complexity index is 1250. The first-order chi connectivity index (χ1) is 14.5. The average Bonchev–Trinajstić information content (AvgIpc) is 3.23. The molecule has 0 radical (unpaired) electrons. The molecule has 30 heavy (non-hydrogen) atoms. The Morgan fingerprint density at radius 3 is 2.50 bits per heavy atom. The Balaban J connectivity index is 1.64. The highest BCUT2D eigenvalue weighted by Gasteiger charge is 2.32. The number of pyridine rings is 1. The van der Waals surface area contributed by atoms with E-state index in [2.05, 4.69) is 16.8 Å². The molecule has 0 N–H and O–H groups in total. The maximum absolute atomic E-state index is 13.2. The van der Waals surface area contributed by atoms with Crippen LogP contribution in [-0.4, -0.2) is 31.9 Å². The second-order valence-corrected chi connectivity index (χ2v) is 8.64. The number of rotatable bonds is 4. The van der Waals surface area contributed by atoms with E-state index in [-0.39, 0.29) is 11.4 Å². The summed E-state index contributed by atoms with van der Waals surface area (Å²) in [6, 6.07) is 15.9. The van der Waals surface area contributed by atoms with Gasteiger partial charge in [-0.1, -0.05) is 24.1 Å². The second-order valence-electron chi connectivity index (χ2n) is 6.70. The molecule has 2 heterocycles. The minimum Gasteiger partial charge on any atom is -0.493 e. The Labute approximate surface area is 176 Å². The summed E-state index contributed by atoms with van der Waals surface area (Å²) in [6.45, 7) is 0.560. The third-order valence-electron chi connectivity index (χ3n) is 4.94. The summed E-state index contributed by atoms with van der Waals surface area (Å²) in [5, 5.41) is 0. The standard InChI is InChI=1S/C23H20N2O4S/c1-28-22-12-11-20(14-23(22)29-2)30(26,27)25-15-18-7-5-6-17(21(18)16-25)9-10-19-8-3-4-13-24-19/h3-8,11-14H,15-16H2,1-2H3. The fraction of sp³-hybridized carbons (Fsp3) is 0.174. The fourth-order valence-electron chi connectivity index (χ4n) is 3.37. The number of sulfonamides is 1. The predicted octanol–water partition coefficient (Wildman–Crippen LogP) is 3.20. The second kappa shape index (κ2) is 8.19. The molecule has 6 nitrogen and oxygen atoms in total. The number of hydrogen-bond acceptors (Lipinski definition) is 5. The molecule has 0 amide bonds. The summed E-state index contributed by atoms with van der Waals surface area (Å²) < 4.78 is 38.4. The lowest BCUT2D eigenvalue weighted by Gasteiger charge is -2.17. The van der Waals surface area contributed by atoms with Crippen molar-refractivity contribution in [3.63, 3.8) is 0 Å². The average molecular weight is 420 g/mol. The lowest BCUT2D eigenvalue weighted by Crippen LogP contribution is -2.25. The monoisotopic (exact) mass is 420 g/mol. The largest absolute Gasteiger partial charge is 0.493 e. The third-order valence-corrected chi connectivity index (χ3v) is 6.72. The van der Waals surface area contributed by atoms with Crippen LogP contribution in [0.5, 0.6) is 11.5 Å². The normalized spacial score (nSPS) is 13.3.